The minimum atomic E-state index is -3.53. The lowest BCUT2D eigenvalue weighted by atomic mass is 9.95. The maximum absolute atomic E-state index is 12.3. The first-order valence-corrected chi connectivity index (χ1v) is 8.04. The lowest BCUT2D eigenvalue weighted by Gasteiger charge is -2.34. The van der Waals surface area contributed by atoms with Crippen LogP contribution in [0.25, 0.3) is 0 Å². The Morgan fingerprint density at radius 3 is 2.75 bits per heavy atom. The van der Waals surface area contributed by atoms with Crippen molar-refractivity contribution >= 4 is 15.8 Å². The van der Waals surface area contributed by atoms with Crippen LogP contribution in [0.1, 0.15) is 13.3 Å². The number of hydrogen-bond donors (Lipinski definition) is 3. The first-order valence-electron chi connectivity index (χ1n) is 6.56. The average Bonchev–Trinajstić information content (AvgIpc) is 2.42. The number of nitrogens with zero attached hydrogens (tertiary/aromatic N) is 2. The van der Waals surface area contributed by atoms with Crippen LogP contribution in [0, 0.1) is 5.92 Å². The highest BCUT2D eigenvalue weighted by atomic mass is 32.2. The number of nitrogens with two attached hydrogens (primary N) is 1. The van der Waals surface area contributed by atoms with Gasteiger partial charge in [-0.05, 0) is 38.1 Å². The Bertz CT molecular complexity index is 545. The van der Waals surface area contributed by atoms with Gasteiger partial charge in [-0.2, -0.15) is 0 Å². The maximum atomic E-state index is 12.3. The number of sulfonamides is 1. The monoisotopic (exact) mass is 299 g/mol. The Morgan fingerprint density at radius 2 is 2.20 bits per heavy atom. The molecule has 1 aliphatic rings. The normalized spacial score (nSPS) is 24.6. The quantitative estimate of drug-likeness (QED) is 0.534. The Balaban J connectivity index is 2.10. The molecule has 1 aromatic heterocycles. The van der Waals surface area contributed by atoms with E-state index in [2.05, 4.69) is 27.0 Å². The van der Waals surface area contributed by atoms with E-state index in [9.17, 15) is 8.42 Å². The van der Waals surface area contributed by atoms with Gasteiger partial charge in [0.05, 0.1) is 0 Å². The van der Waals surface area contributed by atoms with E-state index in [-0.39, 0.29) is 16.9 Å². The highest BCUT2D eigenvalue weighted by Gasteiger charge is 2.28. The Kier molecular flexibility index (Phi) is 4.59. The van der Waals surface area contributed by atoms with Crippen molar-refractivity contribution in [3.63, 3.8) is 0 Å². The van der Waals surface area contributed by atoms with Crippen LogP contribution in [-0.4, -0.2) is 44.5 Å². The van der Waals surface area contributed by atoms with E-state index in [1.54, 1.807) is 0 Å². The largest absolute Gasteiger partial charge is 0.308 e. The second-order valence-corrected chi connectivity index (χ2v) is 6.99. The first kappa shape index (κ1) is 15.2. The molecule has 7 nitrogen and oxygen atoms in total. The Morgan fingerprint density at radius 1 is 1.45 bits per heavy atom. The number of nitrogen functional groups attached to an aromatic ring is 1. The van der Waals surface area contributed by atoms with Crippen LogP contribution in [0.15, 0.2) is 23.2 Å². The topological polar surface area (TPSA) is 100 Å². The summed E-state index contributed by atoms with van der Waals surface area (Å²) >= 11 is 0. The van der Waals surface area contributed by atoms with Crippen LogP contribution in [0.3, 0.4) is 0 Å². The molecule has 0 saturated carbocycles. The third-order valence-corrected chi connectivity index (χ3v) is 5.08. The van der Waals surface area contributed by atoms with Gasteiger partial charge in [-0.25, -0.2) is 24.0 Å². The summed E-state index contributed by atoms with van der Waals surface area (Å²) < 4.78 is 27.4. The number of aromatic nitrogens is 1. The van der Waals surface area contributed by atoms with E-state index in [0.29, 0.717) is 5.82 Å². The molecule has 1 aliphatic heterocycles. The number of pyridine rings is 1. The fourth-order valence-electron chi connectivity index (χ4n) is 2.42. The van der Waals surface area contributed by atoms with Crippen LogP contribution in [0.2, 0.25) is 0 Å². The predicted molar refractivity (Wildman–Crippen MR) is 77.4 cm³/mol. The second kappa shape index (κ2) is 6.04. The van der Waals surface area contributed by atoms with Crippen LogP contribution in [-0.2, 0) is 10.0 Å². The van der Waals surface area contributed by atoms with Crippen molar-refractivity contribution in [3.05, 3.63) is 18.3 Å². The van der Waals surface area contributed by atoms with E-state index < -0.39 is 10.0 Å². The molecule has 0 aromatic carbocycles. The van der Waals surface area contributed by atoms with Crippen molar-refractivity contribution in [1.29, 1.82) is 0 Å². The molecule has 2 atom stereocenters. The van der Waals surface area contributed by atoms with Crippen molar-refractivity contribution in [3.8, 4) is 0 Å². The van der Waals surface area contributed by atoms with Gasteiger partial charge in [0.25, 0.3) is 0 Å². The van der Waals surface area contributed by atoms with Crippen molar-refractivity contribution in [2.75, 3.05) is 25.6 Å². The summed E-state index contributed by atoms with van der Waals surface area (Å²) in [7, 11) is -1.49. The fraction of sp³-hybridized carbons (Fsp3) is 0.583. The average molecular weight is 299 g/mol. The third kappa shape index (κ3) is 3.45. The van der Waals surface area contributed by atoms with Gasteiger partial charge >= 0.3 is 0 Å². The zero-order valence-corrected chi connectivity index (χ0v) is 12.5. The van der Waals surface area contributed by atoms with E-state index in [1.807, 2.05) is 7.05 Å². The number of nitrogens with one attached hydrogen (secondary N) is 2. The molecule has 0 aliphatic carbocycles. The number of likely N-dealkylation sites (tertiary alicyclic amines) is 1. The minimum Gasteiger partial charge on any atom is -0.308 e. The smallest absolute Gasteiger partial charge is 0.242 e. The van der Waals surface area contributed by atoms with Crippen molar-refractivity contribution in [1.82, 2.24) is 14.6 Å². The highest BCUT2D eigenvalue weighted by Crippen LogP contribution is 2.18. The zero-order chi connectivity index (χ0) is 14.8. The molecule has 0 amide bonds. The Labute approximate surface area is 119 Å². The molecule has 2 unspecified atom stereocenters. The lowest BCUT2D eigenvalue weighted by Crippen LogP contribution is -2.48. The predicted octanol–water partition coefficient (Wildman–Crippen LogP) is -0.0143. The van der Waals surface area contributed by atoms with E-state index >= 15 is 0 Å². The number of piperidine rings is 1. The number of hydrogen-bond acceptors (Lipinski definition) is 6. The highest BCUT2D eigenvalue weighted by molar-refractivity contribution is 7.89. The molecule has 20 heavy (non-hydrogen) atoms. The molecular formula is C12H21N5O2S. The second-order valence-electron chi connectivity index (χ2n) is 5.28. The molecule has 2 rings (SSSR count). The standard InChI is InChI=1S/C12H21N5O2S/c1-9-8-17(2)6-5-11(9)16-20(18,19)10-3-4-12(15-13)14-7-10/h3-4,7,9,11,16H,5-6,8,13H2,1-2H3,(H,14,15). The van der Waals surface area contributed by atoms with Gasteiger partial charge in [0.15, 0.2) is 0 Å². The number of hydrazine groups is 1. The van der Waals surface area contributed by atoms with Gasteiger partial charge in [-0.1, -0.05) is 6.92 Å². The van der Waals surface area contributed by atoms with E-state index in [1.165, 1.54) is 18.3 Å². The summed E-state index contributed by atoms with van der Waals surface area (Å²) in [5.41, 5.74) is 2.37. The molecule has 4 N–H and O–H groups in total. The molecule has 1 fully saturated rings. The summed E-state index contributed by atoms with van der Waals surface area (Å²) in [6, 6.07) is 2.99. The van der Waals surface area contributed by atoms with E-state index in [4.69, 9.17) is 5.84 Å². The summed E-state index contributed by atoms with van der Waals surface area (Å²) in [5.74, 6) is 5.91. The van der Waals surface area contributed by atoms with E-state index in [0.717, 1.165) is 19.5 Å². The minimum absolute atomic E-state index is 0.0384. The van der Waals surface area contributed by atoms with Crippen LogP contribution < -0.4 is 16.0 Å². The molecular weight excluding hydrogens is 278 g/mol. The number of rotatable bonds is 4. The molecule has 1 aromatic rings. The summed E-state index contributed by atoms with van der Waals surface area (Å²) in [6.45, 7) is 3.84. The summed E-state index contributed by atoms with van der Waals surface area (Å²) in [6.07, 6.45) is 2.11. The van der Waals surface area contributed by atoms with Gasteiger partial charge in [0.2, 0.25) is 10.0 Å². The van der Waals surface area contributed by atoms with Gasteiger partial charge in [0, 0.05) is 18.8 Å². The molecule has 1 saturated heterocycles. The first-order chi connectivity index (χ1) is 9.42. The van der Waals surface area contributed by atoms with Crippen molar-refractivity contribution in [2.45, 2.75) is 24.3 Å². The SMILES string of the molecule is CC1CN(C)CCC1NS(=O)(=O)c1ccc(NN)nc1. The summed E-state index contributed by atoms with van der Waals surface area (Å²) in [4.78, 5) is 6.29. The zero-order valence-electron chi connectivity index (χ0n) is 11.7. The van der Waals surface area contributed by atoms with Gasteiger partial charge in [-0.15, -0.1) is 0 Å². The number of anilines is 1. The Hall–Kier alpha value is -1.22. The molecule has 0 radical (unpaired) electrons. The third-order valence-electron chi connectivity index (χ3n) is 3.61. The van der Waals surface area contributed by atoms with Gasteiger partial charge in [0.1, 0.15) is 10.7 Å². The lowest BCUT2D eigenvalue weighted by molar-refractivity contribution is 0.188. The van der Waals surface area contributed by atoms with Crippen LogP contribution in [0.4, 0.5) is 5.82 Å². The molecule has 2 heterocycles. The van der Waals surface area contributed by atoms with Gasteiger partial charge in [-0.3, -0.25) is 0 Å². The van der Waals surface area contributed by atoms with Gasteiger partial charge < -0.3 is 10.3 Å². The molecule has 0 spiro atoms. The fourth-order valence-corrected chi connectivity index (χ4v) is 3.74. The van der Waals surface area contributed by atoms with Crippen LogP contribution >= 0.6 is 0 Å². The molecule has 112 valence electrons. The summed E-state index contributed by atoms with van der Waals surface area (Å²) in [5, 5.41) is 0. The van der Waals surface area contributed by atoms with Crippen molar-refractivity contribution < 1.29 is 8.42 Å². The van der Waals surface area contributed by atoms with Crippen molar-refractivity contribution in [2.24, 2.45) is 11.8 Å². The maximum Gasteiger partial charge on any atom is 0.242 e. The van der Waals surface area contributed by atoms with Crippen LogP contribution in [0.5, 0.6) is 0 Å². The molecule has 0 bridgehead atoms. The molecule has 8 heteroatoms.